The summed E-state index contributed by atoms with van der Waals surface area (Å²) in [7, 11) is 0. The largest absolute Gasteiger partial charge is 0.494 e. The molecule has 2 amide bonds. The number of benzene rings is 2. The third kappa shape index (κ3) is 5.76. The van der Waals surface area contributed by atoms with Crippen molar-refractivity contribution in [2.45, 2.75) is 20.3 Å². The van der Waals surface area contributed by atoms with Crippen molar-refractivity contribution in [3.63, 3.8) is 0 Å². The van der Waals surface area contributed by atoms with E-state index in [4.69, 9.17) is 4.74 Å². The summed E-state index contributed by atoms with van der Waals surface area (Å²) in [6.07, 6.45) is 2.45. The van der Waals surface area contributed by atoms with Crippen LogP contribution in [0.15, 0.2) is 53.6 Å². The number of anilines is 1. The lowest BCUT2D eigenvalue weighted by atomic mass is 10.1. The first-order chi connectivity index (χ1) is 12.1. The Hall–Kier alpha value is -3.15. The van der Waals surface area contributed by atoms with Crippen LogP contribution in [0.5, 0.6) is 5.75 Å². The van der Waals surface area contributed by atoms with Crippen molar-refractivity contribution in [2.24, 2.45) is 5.10 Å². The summed E-state index contributed by atoms with van der Waals surface area (Å²) in [6.45, 7) is 4.53. The third-order valence-electron chi connectivity index (χ3n) is 3.40. The summed E-state index contributed by atoms with van der Waals surface area (Å²) in [6, 6.07) is 14.5. The number of carbonyl (C=O) groups excluding carboxylic acids is 2. The molecule has 0 atom stereocenters. The Labute approximate surface area is 146 Å². The highest BCUT2D eigenvalue weighted by Crippen LogP contribution is 2.15. The molecule has 6 heteroatoms. The third-order valence-corrected chi connectivity index (χ3v) is 3.40. The Morgan fingerprint density at radius 3 is 2.28 bits per heavy atom. The van der Waals surface area contributed by atoms with Gasteiger partial charge >= 0.3 is 11.8 Å². The molecule has 6 nitrogen and oxygen atoms in total. The predicted octanol–water partition coefficient (Wildman–Crippen LogP) is 2.74. The van der Waals surface area contributed by atoms with E-state index in [1.54, 1.807) is 24.3 Å². The SMILES string of the molecule is CCOc1ccc(NC(=O)C(=O)N/N=C\c2ccc(CC)cc2)cc1. The van der Waals surface area contributed by atoms with Gasteiger partial charge in [-0.1, -0.05) is 31.2 Å². The van der Waals surface area contributed by atoms with Crippen LogP contribution in [0, 0.1) is 0 Å². The first-order valence-electron chi connectivity index (χ1n) is 8.08. The van der Waals surface area contributed by atoms with Gasteiger partial charge in [-0.05, 0) is 48.7 Å². The van der Waals surface area contributed by atoms with Gasteiger partial charge in [0.15, 0.2) is 0 Å². The number of ether oxygens (including phenoxy) is 1. The van der Waals surface area contributed by atoms with Crippen LogP contribution in [0.4, 0.5) is 5.69 Å². The monoisotopic (exact) mass is 339 g/mol. The Bertz CT molecular complexity index is 738. The molecule has 2 aromatic rings. The standard InChI is InChI=1S/C19H21N3O3/c1-3-14-5-7-15(8-6-14)13-20-22-19(24)18(23)21-16-9-11-17(12-10-16)25-4-2/h5-13H,3-4H2,1-2H3,(H,21,23)(H,22,24)/b20-13-. The topological polar surface area (TPSA) is 79.8 Å². The molecule has 0 aliphatic carbocycles. The number of aryl methyl sites for hydroxylation is 1. The lowest BCUT2D eigenvalue weighted by molar-refractivity contribution is -0.136. The number of rotatable bonds is 6. The highest BCUT2D eigenvalue weighted by atomic mass is 16.5. The second-order valence-electron chi connectivity index (χ2n) is 5.21. The van der Waals surface area contributed by atoms with Crippen LogP contribution < -0.4 is 15.5 Å². The first-order valence-corrected chi connectivity index (χ1v) is 8.08. The van der Waals surface area contributed by atoms with Crippen LogP contribution in [0.2, 0.25) is 0 Å². The van der Waals surface area contributed by atoms with Crippen molar-refractivity contribution in [1.29, 1.82) is 0 Å². The van der Waals surface area contributed by atoms with Gasteiger partial charge in [-0.3, -0.25) is 9.59 Å². The molecule has 0 aliphatic rings. The smallest absolute Gasteiger partial charge is 0.329 e. The van der Waals surface area contributed by atoms with Crippen molar-refractivity contribution >= 4 is 23.7 Å². The summed E-state index contributed by atoms with van der Waals surface area (Å²) in [5.74, 6) is -0.929. The van der Waals surface area contributed by atoms with Gasteiger partial charge in [-0.25, -0.2) is 5.43 Å². The van der Waals surface area contributed by atoms with E-state index in [1.807, 2.05) is 31.2 Å². The van der Waals surface area contributed by atoms with Gasteiger partial charge in [0, 0.05) is 5.69 Å². The molecule has 0 bridgehead atoms. The Kier molecular flexibility index (Phi) is 6.71. The molecule has 2 rings (SSSR count). The van der Waals surface area contributed by atoms with E-state index in [9.17, 15) is 9.59 Å². The molecule has 2 aromatic carbocycles. The number of nitrogens with one attached hydrogen (secondary N) is 2. The molecule has 0 aliphatic heterocycles. The maximum atomic E-state index is 11.8. The van der Waals surface area contributed by atoms with Crippen LogP contribution in [0.25, 0.3) is 0 Å². The normalized spacial score (nSPS) is 10.5. The minimum absolute atomic E-state index is 0.503. The fourth-order valence-corrected chi connectivity index (χ4v) is 2.04. The van der Waals surface area contributed by atoms with Gasteiger partial charge in [0.2, 0.25) is 0 Å². The average Bonchev–Trinajstić information content (AvgIpc) is 2.64. The van der Waals surface area contributed by atoms with Crippen molar-refractivity contribution in [3.05, 3.63) is 59.7 Å². The lowest BCUT2D eigenvalue weighted by Gasteiger charge is -2.06. The second kappa shape index (κ2) is 9.22. The second-order valence-corrected chi connectivity index (χ2v) is 5.21. The number of nitrogens with zero attached hydrogens (tertiary/aromatic N) is 1. The number of hydrogen-bond donors (Lipinski definition) is 2. The van der Waals surface area contributed by atoms with Crippen LogP contribution in [0.1, 0.15) is 25.0 Å². The van der Waals surface area contributed by atoms with E-state index >= 15 is 0 Å². The van der Waals surface area contributed by atoms with Crippen LogP contribution in [0.3, 0.4) is 0 Å². The fraction of sp³-hybridized carbons (Fsp3) is 0.211. The lowest BCUT2D eigenvalue weighted by Crippen LogP contribution is -2.32. The minimum atomic E-state index is -0.838. The molecular formula is C19H21N3O3. The van der Waals surface area contributed by atoms with Crippen LogP contribution >= 0.6 is 0 Å². The van der Waals surface area contributed by atoms with E-state index in [0.29, 0.717) is 18.0 Å². The van der Waals surface area contributed by atoms with E-state index in [0.717, 1.165) is 12.0 Å². The Balaban J connectivity index is 1.84. The summed E-state index contributed by atoms with van der Waals surface area (Å²) >= 11 is 0. The molecule has 0 aromatic heterocycles. The fourth-order valence-electron chi connectivity index (χ4n) is 2.04. The zero-order chi connectivity index (χ0) is 18.1. The Morgan fingerprint density at radius 1 is 1.00 bits per heavy atom. The van der Waals surface area contributed by atoms with Crippen molar-refractivity contribution in [3.8, 4) is 5.75 Å². The van der Waals surface area contributed by atoms with Crippen molar-refractivity contribution in [2.75, 3.05) is 11.9 Å². The number of amides is 2. The molecule has 0 unspecified atom stereocenters. The molecule has 0 saturated carbocycles. The van der Waals surface area contributed by atoms with Gasteiger partial charge in [-0.15, -0.1) is 0 Å². The molecule has 0 radical (unpaired) electrons. The van der Waals surface area contributed by atoms with Gasteiger partial charge in [0.1, 0.15) is 5.75 Å². The van der Waals surface area contributed by atoms with E-state index in [1.165, 1.54) is 11.8 Å². The molecule has 0 saturated heterocycles. The van der Waals surface area contributed by atoms with Crippen LogP contribution in [-0.4, -0.2) is 24.6 Å². The molecular weight excluding hydrogens is 318 g/mol. The summed E-state index contributed by atoms with van der Waals surface area (Å²) < 4.78 is 5.31. The molecule has 25 heavy (non-hydrogen) atoms. The van der Waals surface area contributed by atoms with Crippen molar-refractivity contribution in [1.82, 2.24) is 5.43 Å². The number of hydrazone groups is 1. The maximum Gasteiger partial charge on any atom is 0.329 e. The highest BCUT2D eigenvalue weighted by molar-refractivity contribution is 6.39. The number of carbonyl (C=O) groups is 2. The van der Waals surface area contributed by atoms with E-state index < -0.39 is 11.8 Å². The van der Waals surface area contributed by atoms with E-state index in [2.05, 4.69) is 22.8 Å². The van der Waals surface area contributed by atoms with Crippen LogP contribution in [-0.2, 0) is 16.0 Å². The molecule has 2 N–H and O–H groups in total. The van der Waals surface area contributed by atoms with Gasteiger partial charge in [0.25, 0.3) is 0 Å². The van der Waals surface area contributed by atoms with E-state index in [-0.39, 0.29) is 0 Å². The summed E-state index contributed by atoms with van der Waals surface area (Å²) in [5.41, 5.74) is 4.76. The maximum absolute atomic E-state index is 11.8. The Morgan fingerprint density at radius 2 is 1.68 bits per heavy atom. The molecule has 0 fully saturated rings. The first kappa shape index (κ1) is 18.2. The average molecular weight is 339 g/mol. The predicted molar refractivity (Wildman–Crippen MR) is 97.8 cm³/mol. The van der Waals surface area contributed by atoms with Gasteiger partial charge < -0.3 is 10.1 Å². The molecule has 0 heterocycles. The molecule has 0 spiro atoms. The summed E-state index contributed by atoms with van der Waals surface area (Å²) in [4.78, 5) is 23.6. The highest BCUT2D eigenvalue weighted by Gasteiger charge is 2.12. The van der Waals surface area contributed by atoms with Gasteiger partial charge in [-0.2, -0.15) is 5.10 Å². The zero-order valence-electron chi connectivity index (χ0n) is 14.3. The quantitative estimate of drug-likeness (QED) is 0.482. The van der Waals surface area contributed by atoms with Crippen molar-refractivity contribution < 1.29 is 14.3 Å². The van der Waals surface area contributed by atoms with Gasteiger partial charge in [0.05, 0.1) is 12.8 Å². The minimum Gasteiger partial charge on any atom is -0.494 e. The summed E-state index contributed by atoms with van der Waals surface area (Å²) in [5, 5.41) is 6.29. The zero-order valence-corrected chi connectivity index (χ0v) is 14.3. The number of hydrogen-bond acceptors (Lipinski definition) is 4. The molecule has 130 valence electrons.